The lowest BCUT2D eigenvalue weighted by atomic mass is 9.83. The topological polar surface area (TPSA) is 60.2 Å². The molecular formula is C17H31N3O2. The first kappa shape index (κ1) is 17.4. The van der Waals surface area contributed by atoms with Crippen LogP contribution in [0.15, 0.2) is 12.7 Å². The van der Waals surface area contributed by atoms with Crippen molar-refractivity contribution >= 4 is 0 Å². The second-order valence-electron chi connectivity index (χ2n) is 7.53. The van der Waals surface area contributed by atoms with E-state index in [-0.39, 0.29) is 11.5 Å². The Morgan fingerprint density at radius 2 is 2.00 bits per heavy atom. The van der Waals surface area contributed by atoms with E-state index in [1.165, 1.54) is 32.0 Å². The van der Waals surface area contributed by atoms with Gasteiger partial charge in [-0.15, -0.1) is 0 Å². The van der Waals surface area contributed by atoms with E-state index in [9.17, 15) is 5.11 Å². The number of hydrogen-bond acceptors (Lipinski definition) is 4. The van der Waals surface area contributed by atoms with Gasteiger partial charge >= 0.3 is 0 Å². The Balaban J connectivity index is 1.77. The fraction of sp³-hybridized carbons (Fsp3) is 0.882. The standard InChI is InChI=1S/C17H31N3O2/c1-17(2,3)16(21)15(20-13-18-12-19-20)10-6-7-11-22-14-8-4-5-9-14/h12-16,21H,4-11H2,1-3H3. The summed E-state index contributed by atoms with van der Waals surface area (Å²) in [5.41, 5.74) is -0.170. The molecule has 1 N–H and O–H groups in total. The van der Waals surface area contributed by atoms with Crippen LogP contribution >= 0.6 is 0 Å². The second kappa shape index (κ2) is 8.06. The molecule has 0 aromatic carbocycles. The summed E-state index contributed by atoms with van der Waals surface area (Å²) in [6, 6.07) is -0.0195. The first-order valence-corrected chi connectivity index (χ1v) is 8.62. The molecule has 1 saturated carbocycles. The van der Waals surface area contributed by atoms with Crippen LogP contribution in [0, 0.1) is 5.41 Å². The van der Waals surface area contributed by atoms with Crippen LogP contribution < -0.4 is 0 Å². The van der Waals surface area contributed by atoms with E-state index in [1.54, 1.807) is 11.0 Å². The van der Waals surface area contributed by atoms with E-state index < -0.39 is 6.10 Å². The van der Waals surface area contributed by atoms with Crippen molar-refractivity contribution in [1.29, 1.82) is 0 Å². The predicted molar refractivity (Wildman–Crippen MR) is 86.6 cm³/mol. The number of ether oxygens (including phenoxy) is 1. The van der Waals surface area contributed by atoms with Gasteiger partial charge in [0.05, 0.1) is 18.2 Å². The van der Waals surface area contributed by atoms with Crippen LogP contribution in [0.5, 0.6) is 0 Å². The molecule has 2 atom stereocenters. The van der Waals surface area contributed by atoms with Gasteiger partial charge in [0.2, 0.25) is 0 Å². The molecule has 0 saturated heterocycles. The molecule has 0 aliphatic heterocycles. The summed E-state index contributed by atoms with van der Waals surface area (Å²) in [6.45, 7) is 7.01. The predicted octanol–water partition coefficient (Wildman–Crippen LogP) is 3.36. The Bertz CT molecular complexity index is 408. The fourth-order valence-electron chi connectivity index (χ4n) is 3.16. The largest absolute Gasteiger partial charge is 0.390 e. The average Bonchev–Trinajstić information content (AvgIpc) is 3.14. The highest BCUT2D eigenvalue weighted by atomic mass is 16.5. The fourth-order valence-corrected chi connectivity index (χ4v) is 3.16. The molecule has 0 bridgehead atoms. The number of hydrogen-bond donors (Lipinski definition) is 1. The average molecular weight is 309 g/mol. The van der Waals surface area contributed by atoms with Crippen LogP contribution in [-0.4, -0.2) is 38.7 Å². The molecule has 1 heterocycles. The molecule has 22 heavy (non-hydrogen) atoms. The summed E-state index contributed by atoms with van der Waals surface area (Å²) in [4.78, 5) is 4.02. The van der Waals surface area contributed by atoms with Crippen molar-refractivity contribution < 1.29 is 9.84 Å². The summed E-state index contributed by atoms with van der Waals surface area (Å²) in [7, 11) is 0. The van der Waals surface area contributed by atoms with Crippen molar-refractivity contribution in [2.75, 3.05) is 6.61 Å². The Morgan fingerprint density at radius 1 is 1.27 bits per heavy atom. The molecule has 2 unspecified atom stereocenters. The van der Waals surface area contributed by atoms with Crippen molar-refractivity contribution in [1.82, 2.24) is 14.8 Å². The zero-order valence-electron chi connectivity index (χ0n) is 14.2. The van der Waals surface area contributed by atoms with Crippen LogP contribution in [0.2, 0.25) is 0 Å². The van der Waals surface area contributed by atoms with Crippen LogP contribution in [0.1, 0.15) is 71.8 Å². The van der Waals surface area contributed by atoms with Crippen molar-refractivity contribution in [3.63, 3.8) is 0 Å². The van der Waals surface area contributed by atoms with Gasteiger partial charge in [-0.2, -0.15) is 5.10 Å². The van der Waals surface area contributed by atoms with Crippen LogP contribution in [0.3, 0.4) is 0 Å². The lowest BCUT2D eigenvalue weighted by molar-refractivity contribution is 0.00644. The van der Waals surface area contributed by atoms with Gasteiger partial charge in [-0.05, 0) is 37.5 Å². The smallest absolute Gasteiger partial charge is 0.137 e. The SMILES string of the molecule is CC(C)(C)C(O)C(CCCCOC1CCCC1)n1cncn1. The molecule has 0 radical (unpaired) electrons. The van der Waals surface area contributed by atoms with Crippen molar-refractivity contribution in [2.45, 2.75) is 84.0 Å². The molecule has 1 aliphatic carbocycles. The van der Waals surface area contributed by atoms with Gasteiger partial charge in [0, 0.05) is 6.61 Å². The highest BCUT2D eigenvalue weighted by molar-refractivity contribution is 4.84. The van der Waals surface area contributed by atoms with E-state index >= 15 is 0 Å². The minimum Gasteiger partial charge on any atom is -0.390 e. The molecule has 1 fully saturated rings. The summed E-state index contributed by atoms with van der Waals surface area (Å²) in [5, 5.41) is 14.9. The Hall–Kier alpha value is -0.940. The number of unbranched alkanes of at least 4 members (excludes halogenated alkanes) is 1. The van der Waals surface area contributed by atoms with Gasteiger partial charge in [-0.25, -0.2) is 9.67 Å². The molecule has 5 heteroatoms. The molecular weight excluding hydrogens is 278 g/mol. The highest BCUT2D eigenvalue weighted by Gasteiger charge is 2.31. The normalized spacial score (nSPS) is 19.5. The van der Waals surface area contributed by atoms with Gasteiger partial charge in [0.1, 0.15) is 12.7 Å². The maximum atomic E-state index is 10.6. The van der Waals surface area contributed by atoms with E-state index in [2.05, 4.69) is 30.9 Å². The Kier molecular flexibility index (Phi) is 6.38. The first-order valence-electron chi connectivity index (χ1n) is 8.62. The summed E-state index contributed by atoms with van der Waals surface area (Å²) >= 11 is 0. The highest BCUT2D eigenvalue weighted by Crippen LogP contribution is 2.31. The number of rotatable bonds is 8. The van der Waals surface area contributed by atoms with Crippen LogP contribution in [-0.2, 0) is 4.74 Å². The number of aliphatic hydroxyl groups is 1. The van der Waals surface area contributed by atoms with Crippen molar-refractivity contribution in [2.24, 2.45) is 5.41 Å². The second-order valence-corrected chi connectivity index (χ2v) is 7.53. The van der Waals surface area contributed by atoms with E-state index in [1.807, 2.05) is 0 Å². The van der Waals surface area contributed by atoms with Gasteiger partial charge in [-0.3, -0.25) is 0 Å². The number of aliphatic hydroxyl groups excluding tert-OH is 1. The lowest BCUT2D eigenvalue weighted by Gasteiger charge is -2.33. The molecule has 1 aromatic rings. The Morgan fingerprint density at radius 3 is 2.59 bits per heavy atom. The number of aromatic nitrogens is 3. The molecule has 126 valence electrons. The summed E-state index contributed by atoms with van der Waals surface area (Å²) in [5.74, 6) is 0. The quantitative estimate of drug-likeness (QED) is 0.748. The van der Waals surface area contributed by atoms with Gasteiger partial charge in [0.25, 0.3) is 0 Å². The first-order chi connectivity index (χ1) is 10.5. The van der Waals surface area contributed by atoms with Crippen molar-refractivity contribution in [3.05, 3.63) is 12.7 Å². The van der Waals surface area contributed by atoms with E-state index in [0.717, 1.165) is 25.9 Å². The third-order valence-corrected chi connectivity index (χ3v) is 4.58. The number of nitrogens with zero attached hydrogens (tertiary/aromatic N) is 3. The molecule has 1 aliphatic rings. The maximum absolute atomic E-state index is 10.6. The van der Waals surface area contributed by atoms with E-state index in [0.29, 0.717) is 6.10 Å². The third kappa shape index (κ3) is 5.06. The van der Waals surface area contributed by atoms with E-state index in [4.69, 9.17) is 4.74 Å². The molecule has 1 aromatic heterocycles. The zero-order valence-corrected chi connectivity index (χ0v) is 14.2. The summed E-state index contributed by atoms with van der Waals surface area (Å²) in [6.07, 6.45) is 11.3. The van der Waals surface area contributed by atoms with Gasteiger partial charge < -0.3 is 9.84 Å². The molecule has 0 spiro atoms. The molecule has 5 nitrogen and oxygen atoms in total. The van der Waals surface area contributed by atoms with Crippen molar-refractivity contribution in [3.8, 4) is 0 Å². The summed E-state index contributed by atoms with van der Waals surface area (Å²) < 4.78 is 7.71. The maximum Gasteiger partial charge on any atom is 0.137 e. The minimum absolute atomic E-state index is 0.0195. The third-order valence-electron chi connectivity index (χ3n) is 4.58. The van der Waals surface area contributed by atoms with Gasteiger partial charge in [0.15, 0.2) is 0 Å². The minimum atomic E-state index is -0.440. The molecule has 2 rings (SSSR count). The lowest BCUT2D eigenvalue weighted by Crippen LogP contribution is -2.35. The monoisotopic (exact) mass is 309 g/mol. The van der Waals surface area contributed by atoms with Crippen LogP contribution in [0.4, 0.5) is 0 Å². The molecule has 0 amide bonds. The zero-order chi connectivity index (χ0) is 16.0. The Labute approximate surface area is 134 Å². The van der Waals surface area contributed by atoms with Crippen LogP contribution in [0.25, 0.3) is 0 Å². The van der Waals surface area contributed by atoms with Gasteiger partial charge in [-0.1, -0.05) is 33.6 Å².